The van der Waals surface area contributed by atoms with Crippen LogP contribution >= 0.6 is 22.9 Å². The second-order valence-corrected chi connectivity index (χ2v) is 6.91. The average Bonchev–Trinajstić information content (AvgIpc) is 2.86. The molecule has 21 heavy (non-hydrogen) atoms. The van der Waals surface area contributed by atoms with Crippen LogP contribution in [-0.4, -0.2) is 31.4 Å². The van der Waals surface area contributed by atoms with Gasteiger partial charge in [0.15, 0.2) is 5.78 Å². The maximum absolute atomic E-state index is 11.8. The lowest BCUT2D eigenvalue weighted by molar-refractivity contribution is -0.121. The van der Waals surface area contributed by atoms with Gasteiger partial charge in [0.05, 0.1) is 9.21 Å². The van der Waals surface area contributed by atoms with Gasteiger partial charge >= 0.3 is 0 Å². The molecule has 0 fully saturated rings. The molecule has 1 heterocycles. The number of nitrogens with one attached hydrogen (secondary N) is 1. The number of amides is 1. The van der Waals surface area contributed by atoms with Crippen molar-refractivity contribution < 1.29 is 14.3 Å². The smallest absolute Gasteiger partial charge is 0.220 e. The minimum atomic E-state index is -0.102. The summed E-state index contributed by atoms with van der Waals surface area (Å²) < 4.78 is 6.01. The molecule has 0 radical (unpaired) electrons. The highest BCUT2D eigenvalue weighted by molar-refractivity contribution is 7.18. The summed E-state index contributed by atoms with van der Waals surface area (Å²) in [6.45, 7) is 6.16. The van der Waals surface area contributed by atoms with E-state index in [0.29, 0.717) is 28.3 Å². The molecule has 118 valence electrons. The zero-order valence-electron chi connectivity index (χ0n) is 12.5. The first-order valence-corrected chi connectivity index (χ1v) is 8.31. The van der Waals surface area contributed by atoms with Gasteiger partial charge in [0.25, 0.3) is 0 Å². The Kier molecular flexibility index (Phi) is 8.57. The van der Waals surface area contributed by atoms with Gasteiger partial charge in [-0.1, -0.05) is 25.4 Å². The standard InChI is InChI=1S/C15H22ClNO3S/c1-11(2)10-20-9-3-8-17-15(19)7-4-12(18)13-5-6-14(16)21-13/h5-6,11H,3-4,7-10H2,1-2H3,(H,17,19). The Morgan fingerprint density at radius 3 is 2.71 bits per heavy atom. The van der Waals surface area contributed by atoms with E-state index in [1.54, 1.807) is 12.1 Å². The van der Waals surface area contributed by atoms with Gasteiger partial charge in [0.2, 0.25) is 5.91 Å². The number of carbonyl (C=O) groups is 2. The van der Waals surface area contributed by atoms with Crippen molar-refractivity contribution in [1.82, 2.24) is 5.32 Å². The van der Waals surface area contributed by atoms with Gasteiger partial charge in [0, 0.05) is 32.6 Å². The van der Waals surface area contributed by atoms with E-state index in [4.69, 9.17) is 16.3 Å². The Morgan fingerprint density at radius 2 is 2.10 bits per heavy atom. The summed E-state index contributed by atoms with van der Waals surface area (Å²) in [6, 6.07) is 3.38. The van der Waals surface area contributed by atoms with Crippen LogP contribution < -0.4 is 5.32 Å². The zero-order chi connectivity index (χ0) is 15.7. The molecule has 1 aromatic rings. The van der Waals surface area contributed by atoms with Crippen molar-refractivity contribution >= 4 is 34.6 Å². The average molecular weight is 332 g/mol. The summed E-state index contributed by atoms with van der Waals surface area (Å²) >= 11 is 7.02. The number of Topliss-reactive ketones (excluding diaryl/α,β-unsaturated/α-hetero) is 1. The number of hydrogen-bond acceptors (Lipinski definition) is 4. The molecular weight excluding hydrogens is 310 g/mol. The molecule has 1 N–H and O–H groups in total. The number of hydrogen-bond donors (Lipinski definition) is 1. The Hall–Kier alpha value is -0.910. The molecule has 6 heteroatoms. The van der Waals surface area contributed by atoms with E-state index in [1.165, 1.54) is 11.3 Å². The van der Waals surface area contributed by atoms with Crippen LogP contribution in [0, 0.1) is 5.92 Å². The van der Waals surface area contributed by atoms with Crippen molar-refractivity contribution in [2.24, 2.45) is 5.92 Å². The van der Waals surface area contributed by atoms with Gasteiger partial charge in [-0.15, -0.1) is 11.3 Å². The first kappa shape index (κ1) is 18.1. The molecule has 1 rings (SSSR count). The first-order chi connectivity index (χ1) is 9.99. The van der Waals surface area contributed by atoms with Crippen LogP contribution in [0.25, 0.3) is 0 Å². The number of thiophene rings is 1. The second kappa shape index (κ2) is 9.92. The first-order valence-electron chi connectivity index (χ1n) is 7.12. The number of rotatable bonds is 10. The molecule has 0 aliphatic rings. The molecular formula is C15H22ClNO3S. The van der Waals surface area contributed by atoms with Crippen molar-refractivity contribution in [3.8, 4) is 0 Å². The summed E-state index contributed by atoms with van der Waals surface area (Å²) in [4.78, 5) is 24.0. The molecule has 4 nitrogen and oxygen atoms in total. The largest absolute Gasteiger partial charge is 0.381 e. The third-order valence-electron chi connectivity index (χ3n) is 2.67. The number of halogens is 1. The van der Waals surface area contributed by atoms with Crippen molar-refractivity contribution in [2.75, 3.05) is 19.8 Å². The van der Waals surface area contributed by atoms with Crippen LogP contribution in [0.1, 0.15) is 42.8 Å². The number of carbonyl (C=O) groups excluding carboxylic acids is 2. The van der Waals surface area contributed by atoms with E-state index in [-0.39, 0.29) is 24.5 Å². The molecule has 0 saturated heterocycles. The lowest BCUT2D eigenvalue weighted by atomic mass is 10.2. The molecule has 1 aromatic heterocycles. The van der Waals surface area contributed by atoms with Crippen LogP contribution in [-0.2, 0) is 9.53 Å². The van der Waals surface area contributed by atoms with Crippen molar-refractivity contribution in [1.29, 1.82) is 0 Å². The highest BCUT2D eigenvalue weighted by Crippen LogP contribution is 2.22. The highest BCUT2D eigenvalue weighted by Gasteiger charge is 2.11. The van der Waals surface area contributed by atoms with E-state index in [2.05, 4.69) is 19.2 Å². The van der Waals surface area contributed by atoms with Gasteiger partial charge in [-0.3, -0.25) is 9.59 Å². The fourth-order valence-corrected chi connectivity index (χ4v) is 2.63. The summed E-state index contributed by atoms with van der Waals surface area (Å²) in [5, 5.41) is 2.79. The quantitative estimate of drug-likeness (QED) is 0.527. The molecule has 0 atom stereocenters. The fourth-order valence-electron chi connectivity index (χ4n) is 1.62. The summed E-state index contributed by atoms with van der Waals surface area (Å²) in [5.41, 5.74) is 0. The number of ketones is 1. The van der Waals surface area contributed by atoms with E-state index in [0.717, 1.165) is 13.0 Å². The maximum atomic E-state index is 11.8. The summed E-state index contributed by atoms with van der Waals surface area (Å²) in [6.07, 6.45) is 1.21. The third kappa shape index (κ3) is 8.19. The molecule has 0 unspecified atom stereocenters. The second-order valence-electron chi connectivity index (χ2n) is 5.20. The SMILES string of the molecule is CC(C)COCCCNC(=O)CCC(=O)c1ccc(Cl)s1. The molecule has 0 aromatic carbocycles. The van der Waals surface area contributed by atoms with Crippen molar-refractivity contribution in [3.63, 3.8) is 0 Å². The monoisotopic (exact) mass is 331 g/mol. The minimum Gasteiger partial charge on any atom is -0.381 e. The lowest BCUT2D eigenvalue weighted by Gasteiger charge is -2.07. The number of ether oxygens (including phenoxy) is 1. The summed E-state index contributed by atoms with van der Waals surface area (Å²) in [5.74, 6) is 0.383. The Morgan fingerprint density at radius 1 is 1.33 bits per heavy atom. The minimum absolute atomic E-state index is 0.0395. The van der Waals surface area contributed by atoms with Gasteiger partial charge < -0.3 is 10.1 Å². The van der Waals surface area contributed by atoms with E-state index in [9.17, 15) is 9.59 Å². The molecule has 0 bridgehead atoms. The predicted octanol–water partition coefficient (Wildman–Crippen LogP) is 3.54. The van der Waals surface area contributed by atoms with Crippen molar-refractivity contribution in [2.45, 2.75) is 33.1 Å². The summed E-state index contributed by atoms with van der Waals surface area (Å²) in [7, 11) is 0. The maximum Gasteiger partial charge on any atom is 0.220 e. The van der Waals surface area contributed by atoms with Gasteiger partial charge in [-0.05, 0) is 24.5 Å². The third-order valence-corrected chi connectivity index (χ3v) is 3.94. The van der Waals surface area contributed by atoms with Crippen LogP contribution in [0.2, 0.25) is 4.34 Å². The van der Waals surface area contributed by atoms with Gasteiger partial charge in [-0.25, -0.2) is 0 Å². The fraction of sp³-hybridized carbons (Fsp3) is 0.600. The molecule has 0 aliphatic carbocycles. The van der Waals surface area contributed by atoms with E-state index < -0.39 is 0 Å². The van der Waals surface area contributed by atoms with Crippen LogP contribution in [0.3, 0.4) is 0 Å². The van der Waals surface area contributed by atoms with Crippen LogP contribution in [0.15, 0.2) is 12.1 Å². The van der Waals surface area contributed by atoms with Gasteiger partial charge in [-0.2, -0.15) is 0 Å². The molecule has 0 aliphatic heterocycles. The Balaban J connectivity index is 2.07. The lowest BCUT2D eigenvalue weighted by Crippen LogP contribution is -2.25. The predicted molar refractivity (Wildman–Crippen MR) is 86.2 cm³/mol. The topological polar surface area (TPSA) is 55.4 Å². The molecule has 0 spiro atoms. The van der Waals surface area contributed by atoms with Crippen LogP contribution in [0.4, 0.5) is 0 Å². The zero-order valence-corrected chi connectivity index (χ0v) is 14.1. The Labute approximate surface area is 134 Å². The van der Waals surface area contributed by atoms with Crippen molar-refractivity contribution in [3.05, 3.63) is 21.3 Å². The molecule has 1 amide bonds. The van der Waals surface area contributed by atoms with E-state index in [1.807, 2.05) is 0 Å². The van der Waals surface area contributed by atoms with E-state index >= 15 is 0 Å². The Bertz CT molecular complexity index is 460. The van der Waals surface area contributed by atoms with Gasteiger partial charge in [0.1, 0.15) is 0 Å². The van der Waals surface area contributed by atoms with Crippen LogP contribution in [0.5, 0.6) is 0 Å². The highest BCUT2D eigenvalue weighted by atomic mass is 35.5. The normalized spacial score (nSPS) is 10.9. The molecule has 0 saturated carbocycles.